The molecule has 72 valence electrons. The van der Waals surface area contributed by atoms with E-state index in [-0.39, 0.29) is 5.41 Å². The fourth-order valence-electron chi connectivity index (χ4n) is 1.96. The van der Waals surface area contributed by atoms with Gasteiger partial charge in [0, 0.05) is 0 Å². The summed E-state index contributed by atoms with van der Waals surface area (Å²) in [5.41, 5.74) is -0.319. The van der Waals surface area contributed by atoms with Crippen molar-refractivity contribution in [3.05, 3.63) is 0 Å². The van der Waals surface area contributed by atoms with Gasteiger partial charge >= 0.3 is 5.97 Å². The Balaban J connectivity index is 2.85. The highest BCUT2D eigenvalue weighted by Gasteiger charge is 2.48. The second kappa shape index (κ2) is 3.37. The second-order valence-corrected chi connectivity index (χ2v) is 4.03. The molecule has 1 N–H and O–H groups in total. The minimum absolute atomic E-state index is 0.319. The van der Waals surface area contributed by atoms with E-state index in [9.17, 15) is 4.79 Å². The van der Waals surface area contributed by atoms with Crippen LogP contribution in [0, 0.1) is 28.6 Å². The quantitative estimate of drug-likeness (QED) is 0.721. The summed E-state index contributed by atoms with van der Waals surface area (Å²) in [6, 6.07) is 1.91. The van der Waals surface area contributed by atoms with Gasteiger partial charge in [0.2, 0.25) is 0 Å². The van der Waals surface area contributed by atoms with Crippen molar-refractivity contribution in [1.82, 2.24) is 0 Å². The predicted octanol–water partition coefficient (Wildman–Crippen LogP) is 2.04. The molecule has 3 nitrogen and oxygen atoms in total. The average molecular weight is 181 g/mol. The number of aliphatic carboxylic acids is 1. The molecular weight excluding hydrogens is 166 g/mol. The van der Waals surface area contributed by atoms with Crippen LogP contribution in [0.15, 0.2) is 0 Å². The Morgan fingerprint density at radius 2 is 2.31 bits per heavy atom. The standard InChI is InChI=1S/C10H15NO2/c1-3-10(2,7-4-5-7)8(6-11)9(12)13/h7-8H,3-5H2,1-2H3,(H,12,13). The summed E-state index contributed by atoms with van der Waals surface area (Å²) in [7, 11) is 0. The van der Waals surface area contributed by atoms with Crippen molar-refractivity contribution < 1.29 is 9.90 Å². The molecule has 1 rings (SSSR count). The van der Waals surface area contributed by atoms with E-state index in [1.165, 1.54) is 0 Å². The number of nitrogens with zero attached hydrogens (tertiary/aromatic N) is 1. The van der Waals surface area contributed by atoms with Crippen LogP contribution in [-0.2, 0) is 4.79 Å². The van der Waals surface area contributed by atoms with Crippen molar-refractivity contribution in [3.8, 4) is 6.07 Å². The topological polar surface area (TPSA) is 61.1 Å². The summed E-state index contributed by atoms with van der Waals surface area (Å²) in [5, 5.41) is 17.7. The van der Waals surface area contributed by atoms with E-state index < -0.39 is 11.9 Å². The number of carboxylic acids is 1. The first kappa shape index (κ1) is 10.0. The zero-order chi connectivity index (χ0) is 10.1. The van der Waals surface area contributed by atoms with Crippen LogP contribution in [0.1, 0.15) is 33.1 Å². The largest absolute Gasteiger partial charge is 0.480 e. The Morgan fingerprint density at radius 3 is 2.54 bits per heavy atom. The maximum Gasteiger partial charge on any atom is 0.321 e. The molecular formula is C10H15NO2. The predicted molar refractivity (Wildman–Crippen MR) is 47.9 cm³/mol. The van der Waals surface area contributed by atoms with Gasteiger partial charge in [-0.2, -0.15) is 5.26 Å². The molecule has 0 saturated heterocycles. The Morgan fingerprint density at radius 1 is 1.77 bits per heavy atom. The summed E-state index contributed by atoms with van der Waals surface area (Å²) in [6.07, 6.45) is 2.92. The Bertz CT molecular complexity index is 252. The monoisotopic (exact) mass is 181 g/mol. The van der Waals surface area contributed by atoms with Gasteiger partial charge in [0.1, 0.15) is 5.92 Å². The van der Waals surface area contributed by atoms with Crippen molar-refractivity contribution in [2.75, 3.05) is 0 Å². The van der Waals surface area contributed by atoms with E-state index in [1.807, 2.05) is 19.9 Å². The first-order valence-electron chi connectivity index (χ1n) is 4.68. The fourth-order valence-corrected chi connectivity index (χ4v) is 1.96. The van der Waals surface area contributed by atoms with Gasteiger partial charge in [0.25, 0.3) is 0 Å². The molecule has 2 unspecified atom stereocenters. The van der Waals surface area contributed by atoms with Gasteiger partial charge in [-0.1, -0.05) is 13.8 Å². The van der Waals surface area contributed by atoms with Crippen molar-refractivity contribution in [1.29, 1.82) is 5.26 Å². The van der Waals surface area contributed by atoms with E-state index in [0.29, 0.717) is 5.92 Å². The van der Waals surface area contributed by atoms with Gasteiger partial charge in [-0.25, -0.2) is 0 Å². The SMILES string of the molecule is CCC(C)(C1CC1)C(C#N)C(=O)O. The van der Waals surface area contributed by atoms with Gasteiger partial charge in [0.15, 0.2) is 0 Å². The van der Waals surface area contributed by atoms with E-state index in [4.69, 9.17) is 10.4 Å². The zero-order valence-electron chi connectivity index (χ0n) is 8.08. The lowest BCUT2D eigenvalue weighted by Gasteiger charge is -2.30. The van der Waals surface area contributed by atoms with Gasteiger partial charge in [-0.15, -0.1) is 0 Å². The third-order valence-corrected chi connectivity index (χ3v) is 3.31. The Hall–Kier alpha value is -1.04. The smallest absolute Gasteiger partial charge is 0.321 e. The molecule has 1 saturated carbocycles. The number of nitriles is 1. The van der Waals surface area contributed by atoms with Crippen molar-refractivity contribution in [2.24, 2.45) is 17.3 Å². The maximum absolute atomic E-state index is 10.8. The maximum atomic E-state index is 10.8. The zero-order valence-corrected chi connectivity index (χ0v) is 8.08. The van der Waals surface area contributed by atoms with Crippen LogP contribution in [0.3, 0.4) is 0 Å². The Labute approximate surface area is 78.4 Å². The number of carbonyl (C=O) groups is 1. The van der Waals surface area contributed by atoms with Crippen LogP contribution in [0.4, 0.5) is 0 Å². The molecule has 0 heterocycles. The second-order valence-electron chi connectivity index (χ2n) is 4.03. The van der Waals surface area contributed by atoms with Crippen molar-refractivity contribution in [2.45, 2.75) is 33.1 Å². The van der Waals surface area contributed by atoms with E-state index in [1.54, 1.807) is 0 Å². The van der Waals surface area contributed by atoms with Crippen LogP contribution in [0.2, 0.25) is 0 Å². The molecule has 0 spiro atoms. The van der Waals surface area contributed by atoms with E-state index in [2.05, 4.69) is 0 Å². The first-order chi connectivity index (χ1) is 6.06. The number of carboxylic acid groups (broad SMARTS) is 1. The van der Waals surface area contributed by atoms with Crippen LogP contribution < -0.4 is 0 Å². The molecule has 3 heteroatoms. The minimum atomic E-state index is -0.973. The van der Waals surface area contributed by atoms with Crippen molar-refractivity contribution >= 4 is 5.97 Å². The third kappa shape index (κ3) is 1.67. The normalized spacial score (nSPS) is 22.8. The lowest BCUT2D eigenvalue weighted by Crippen LogP contribution is -2.33. The summed E-state index contributed by atoms with van der Waals surface area (Å²) in [4.78, 5) is 10.8. The lowest BCUT2D eigenvalue weighted by atomic mass is 9.71. The minimum Gasteiger partial charge on any atom is -0.480 e. The van der Waals surface area contributed by atoms with Crippen LogP contribution in [-0.4, -0.2) is 11.1 Å². The molecule has 0 amide bonds. The average Bonchev–Trinajstić information content (AvgIpc) is 2.86. The fraction of sp³-hybridized carbons (Fsp3) is 0.800. The van der Waals surface area contributed by atoms with Crippen molar-refractivity contribution in [3.63, 3.8) is 0 Å². The van der Waals surface area contributed by atoms with Gasteiger partial charge in [-0.3, -0.25) is 4.79 Å². The highest BCUT2D eigenvalue weighted by molar-refractivity contribution is 5.74. The summed E-state index contributed by atoms with van der Waals surface area (Å²) < 4.78 is 0. The molecule has 1 fully saturated rings. The van der Waals surface area contributed by atoms with E-state index >= 15 is 0 Å². The molecule has 0 aromatic carbocycles. The van der Waals surface area contributed by atoms with E-state index in [0.717, 1.165) is 19.3 Å². The molecule has 0 aromatic heterocycles. The molecule has 2 atom stereocenters. The number of hydrogen-bond acceptors (Lipinski definition) is 2. The molecule has 13 heavy (non-hydrogen) atoms. The van der Waals surface area contributed by atoms with Crippen LogP contribution in [0.5, 0.6) is 0 Å². The molecule has 0 bridgehead atoms. The number of rotatable bonds is 4. The van der Waals surface area contributed by atoms with Gasteiger partial charge < -0.3 is 5.11 Å². The number of hydrogen-bond donors (Lipinski definition) is 1. The molecule has 1 aliphatic rings. The molecule has 0 radical (unpaired) electrons. The van der Waals surface area contributed by atoms with Gasteiger partial charge in [0.05, 0.1) is 6.07 Å². The summed E-state index contributed by atoms with van der Waals surface area (Å²) >= 11 is 0. The third-order valence-electron chi connectivity index (χ3n) is 3.31. The molecule has 1 aliphatic carbocycles. The summed E-state index contributed by atoms with van der Waals surface area (Å²) in [5.74, 6) is -1.37. The molecule has 0 aliphatic heterocycles. The van der Waals surface area contributed by atoms with Crippen LogP contribution >= 0.6 is 0 Å². The lowest BCUT2D eigenvalue weighted by molar-refractivity contribution is -0.144. The highest BCUT2D eigenvalue weighted by Crippen LogP contribution is 2.51. The van der Waals surface area contributed by atoms with Crippen LogP contribution in [0.25, 0.3) is 0 Å². The molecule has 0 aromatic rings. The summed E-state index contributed by atoms with van der Waals surface area (Å²) in [6.45, 7) is 3.89. The first-order valence-corrected chi connectivity index (χ1v) is 4.68. The highest BCUT2D eigenvalue weighted by atomic mass is 16.4. The van der Waals surface area contributed by atoms with Gasteiger partial charge in [-0.05, 0) is 30.6 Å². The Kier molecular flexibility index (Phi) is 2.60.